The number of rotatable bonds is 10. The molecule has 2 N–H and O–H groups in total. The van der Waals surface area contributed by atoms with Gasteiger partial charge in [-0.05, 0) is 24.3 Å². The van der Waals surface area contributed by atoms with E-state index in [2.05, 4.69) is 15.6 Å². The zero-order valence-corrected chi connectivity index (χ0v) is 13.6. The molecule has 0 bridgehead atoms. The van der Waals surface area contributed by atoms with Crippen molar-refractivity contribution in [2.45, 2.75) is 38.6 Å². The fourth-order valence-corrected chi connectivity index (χ4v) is 2.79. The SMILES string of the molecule is O=C(O)CCCCCCNC(=O)c1cn(Cc2cccs2)nn1. The molecule has 0 aliphatic heterocycles. The minimum absolute atomic E-state index is 0.208. The van der Waals surface area contributed by atoms with E-state index in [1.54, 1.807) is 22.2 Å². The van der Waals surface area contributed by atoms with Gasteiger partial charge in [0.1, 0.15) is 0 Å². The van der Waals surface area contributed by atoms with Gasteiger partial charge in [0.25, 0.3) is 5.91 Å². The first-order chi connectivity index (χ1) is 11.1. The molecular weight excluding hydrogens is 316 g/mol. The van der Waals surface area contributed by atoms with Crippen LogP contribution in [0.15, 0.2) is 23.7 Å². The van der Waals surface area contributed by atoms with Crippen molar-refractivity contribution < 1.29 is 14.7 Å². The number of amides is 1. The van der Waals surface area contributed by atoms with Gasteiger partial charge in [-0.3, -0.25) is 9.59 Å². The van der Waals surface area contributed by atoms with Crippen molar-refractivity contribution in [1.29, 1.82) is 0 Å². The third-order valence-corrected chi connectivity index (χ3v) is 4.13. The van der Waals surface area contributed by atoms with E-state index in [1.165, 1.54) is 0 Å². The van der Waals surface area contributed by atoms with E-state index in [0.717, 1.165) is 24.1 Å². The van der Waals surface area contributed by atoms with Gasteiger partial charge in [-0.2, -0.15) is 0 Å². The fourth-order valence-electron chi connectivity index (χ4n) is 2.09. The highest BCUT2D eigenvalue weighted by Gasteiger charge is 2.10. The van der Waals surface area contributed by atoms with Crippen LogP contribution in [-0.4, -0.2) is 38.5 Å². The number of nitrogens with one attached hydrogen (secondary N) is 1. The molecule has 0 saturated carbocycles. The molecule has 2 heterocycles. The molecule has 1 amide bonds. The number of nitrogens with zero attached hydrogens (tertiary/aromatic N) is 3. The standard InChI is InChI=1S/C15H20N4O3S/c20-14(21)7-3-1-2-4-8-16-15(22)13-11-19(18-17-13)10-12-6-5-9-23-12/h5-6,9,11H,1-4,7-8,10H2,(H,16,22)(H,20,21). The van der Waals surface area contributed by atoms with Crippen molar-refractivity contribution in [3.8, 4) is 0 Å². The molecule has 0 spiro atoms. The second kappa shape index (κ2) is 9.04. The lowest BCUT2D eigenvalue weighted by Gasteiger charge is -2.02. The van der Waals surface area contributed by atoms with E-state index >= 15 is 0 Å². The second-order valence-corrected chi connectivity index (χ2v) is 6.23. The van der Waals surface area contributed by atoms with E-state index in [-0.39, 0.29) is 12.3 Å². The van der Waals surface area contributed by atoms with Crippen LogP contribution in [0.4, 0.5) is 0 Å². The Morgan fingerprint density at radius 1 is 1.26 bits per heavy atom. The molecule has 0 radical (unpaired) electrons. The van der Waals surface area contributed by atoms with E-state index in [9.17, 15) is 9.59 Å². The monoisotopic (exact) mass is 336 g/mol. The summed E-state index contributed by atoms with van der Waals surface area (Å²) in [6.45, 7) is 1.17. The summed E-state index contributed by atoms with van der Waals surface area (Å²) in [6.07, 6.45) is 5.12. The van der Waals surface area contributed by atoms with Crippen LogP contribution < -0.4 is 5.32 Å². The lowest BCUT2D eigenvalue weighted by molar-refractivity contribution is -0.137. The Hall–Kier alpha value is -2.22. The molecule has 0 aliphatic carbocycles. The maximum absolute atomic E-state index is 11.9. The van der Waals surface area contributed by atoms with Gasteiger partial charge < -0.3 is 10.4 Å². The van der Waals surface area contributed by atoms with Crippen LogP contribution in [0.1, 0.15) is 47.5 Å². The molecule has 2 aromatic heterocycles. The molecule has 0 unspecified atom stereocenters. The van der Waals surface area contributed by atoms with Crippen molar-refractivity contribution in [2.24, 2.45) is 0 Å². The quantitative estimate of drug-likeness (QED) is 0.648. The average Bonchev–Trinajstić information content (AvgIpc) is 3.18. The average molecular weight is 336 g/mol. The smallest absolute Gasteiger partial charge is 0.303 e. The molecule has 0 aliphatic rings. The van der Waals surface area contributed by atoms with Crippen LogP contribution >= 0.6 is 11.3 Å². The molecule has 0 aromatic carbocycles. The number of aromatic nitrogens is 3. The molecule has 2 aromatic rings. The van der Waals surface area contributed by atoms with Crippen molar-refractivity contribution >= 4 is 23.2 Å². The number of hydrogen-bond acceptors (Lipinski definition) is 5. The Morgan fingerprint density at radius 2 is 2.09 bits per heavy atom. The Kier molecular flexibility index (Phi) is 6.74. The third-order valence-electron chi connectivity index (χ3n) is 3.27. The normalized spacial score (nSPS) is 10.6. The summed E-state index contributed by atoms with van der Waals surface area (Å²) < 4.78 is 1.65. The summed E-state index contributed by atoms with van der Waals surface area (Å²) in [5, 5.41) is 21.2. The van der Waals surface area contributed by atoms with Crippen molar-refractivity contribution in [1.82, 2.24) is 20.3 Å². The van der Waals surface area contributed by atoms with Gasteiger partial charge in [0.05, 0.1) is 12.7 Å². The summed E-state index contributed by atoms with van der Waals surface area (Å²) in [6, 6.07) is 3.98. The van der Waals surface area contributed by atoms with Gasteiger partial charge >= 0.3 is 5.97 Å². The topological polar surface area (TPSA) is 97.1 Å². The first kappa shape index (κ1) is 17.1. The predicted octanol–water partition coefficient (Wildman–Crippen LogP) is 2.15. The summed E-state index contributed by atoms with van der Waals surface area (Å²) >= 11 is 1.63. The zero-order valence-electron chi connectivity index (χ0n) is 12.8. The summed E-state index contributed by atoms with van der Waals surface area (Å²) in [5.41, 5.74) is 0.312. The highest BCUT2D eigenvalue weighted by Crippen LogP contribution is 2.10. The van der Waals surface area contributed by atoms with Crippen LogP contribution in [0.25, 0.3) is 0 Å². The highest BCUT2D eigenvalue weighted by molar-refractivity contribution is 7.09. The number of carboxylic acid groups (broad SMARTS) is 1. The van der Waals surface area contributed by atoms with Gasteiger partial charge in [-0.15, -0.1) is 16.4 Å². The van der Waals surface area contributed by atoms with Gasteiger partial charge in [-0.25, -0.2) is 4.68 Å². The number of carbonyl (C=O) groups excluding carboxylic acids is 1. The van der Waals surface area contributed by atoms with E-state index < -0.39 is 5.97 Å². The maximum Gasteiger partial charge on any atom is 0.303 e. The number of hydrogen-bond donors (Lipinski definition) is 2. The van der Waals surface area contributed by atoms with E-state index in [0.29, 0.717) is 25.2 Å². The number of aliphatic carboxylic acids is 1. The number of unbranched alkanes of at least 4 members (excludes halogenated alkanes) is 3. The van der Waals surface area contributed by atoms with Crippen molar-refractivity contribution in [2.75, 3.05) is 6.54 Å². The van der Waals surface area contributed by atoms with Gasteiger partial charge in [0.2, 0.25) is 0 Å². The molecule has 23 heavy (non-hydrogen) atoms. The summed E-state index contributed by atoms with van der Waals surface area (Å²) in [4.78, 5) is 23.5. The molecule has 0 fully saturated rings. The molecule has 0 saturated heterocycles. The highest BCUT2D eigenvalue weighted by atomic mass is 32.1. The van der Waals surface area contributed by atoms with Crippen LogP contribution in [0, 0.1) is 0 Å². The molecule has 2 rings (SSSR count). The molecule has 124 valence electrons. The maximum atomic E-state index is 11.9. The number of carbonyl (C=O) groups is 2. The third kappa shape index (κ3) is 6.19. The number of thiophene rings is 1. The van der Waals surface area contributed by atoms with E-state index in [1.807, 2.05) is 17.5 Å². The molecule has 7 nitrogen and oxygen atoms in total. The Labute approximate surface area is 138 Å². The van der Waals surface area contributed by atoms with Crippen molar-refractivity contribution in [3.05, 3.63) is 34.3 Å². The Bertz CT molecular complexity index is 624. The lowest BCUT2D eigenvalue weighted by Crippen LogP contribution is -2.24. The minimum atomic E-state index is -0.760. The summed E-state index contributed by atoms with van der Waals surface area (Å²) in [7, 11) is 0. The van der Waals surface area contributed by atoms with Crippen LogP contribution in [0.3, 0.4) is 0 Å². The van der Waals surface area contributed by atoms with Gasteiger partial charge in [-0.1, -0.05) is 24.1 Å². The molecule has 8 heteroatoms. The van der Waals surface area contributed by atoms with Crippen molar-refractivity contribution in [3.63, 3.8) is 0 Å². The van der Waals surface area contributed by atoms with Crippen LogP contribution in [0.2, 0.25) is 0 Å². The first-order valence-electron chi connectivity index (χ1n) is 7.57. The largest absolute Gasteiger partial charge is 0.481 e. The fraction of sp³-hybridized carbons (Fsp3) is 0.467. The first-order valence-corrected chi connectivity index (χ1v) is 8.45. The molecule has 0 atom stereocenters. The zero-order chi connectivity index (χ0) is 16.5. The van der Waals surface area contributed by atoms with Crippen LogP contribution in [-0.2, 0) is 11.3 Å². The Balaban J connectivity index is 1.64. The van der Waals surface area contributed by atoms with Gasteiger partial charge in [0.15, 0.2) is 5.69 Å². The molecular formula is C15H20N4O3S. The second-order valence-electron chi connectivity index (χ2n) is 5.19. The van der Waals surface area contributed by atoms with Crippen LogP contribution in [0.5, 0.6) is 0 Å². The lowest BCUT2D eigenvalue weighted by atomic mass is 10.1. The summed E-state index contributed by atoms with van der Waals surface area (Å²) in [5.74, 6) is -0.989. The van der Waals surface area contributed by atoms with Gasteiger partial charge in [0, 0.05) is 17.8 Å². The predicted molar refractivity (Wildman–Crippen MR) is 86.5 cm³/mol. The Morgan fingerprint density at radius 3 is 2.83 bits per heavy atom. The number of carboxylic acids is 1. The van der Waals surface area contributed by atoms with E-state index in [4.69, 9.17) is 5.11 Å². The minimum Gasteiger partial charge on any atom is -0.481 e.